The lowest BCUT2D eigenvalue weighted by atomic mass is 9.94. The van der Waals surface area contributed by atoms with Crippen molar-refractivity contribution in [2.24, 2.45) is 5.92 Å². The summed E-state index contributed by atoms with van der Waals surface area (Å²) in [7, 11) is 0. The average molecular weight is 346 g/mol. The molecule has 1 atom stereocenters. The van der Waals surface area contributed by atoms with Crippen molar-refractivity contribution in [3.63, 3.8) is 0 Å². The zero-order valence-corrected chi connectivity index (χ0v) is 15.0. The van der Waals surface area contributed by atoms with Crippen LogP contribution in [-0.2, 0) is 9.53 Å². The molecule has 2 aliphatic rings. The van der Waals surface area contributed by atoms with E-state index >= 15 is 0 Å². The first-order valence-corrected chi connectivity index (χ1v) is 9.56. The molecule has 1 aromatic heterocycles. The Labute approximate surface area is 150 Å². The SMILES string of the molecule is O=C(NCCCNc1cccnc1)C1CCCN(C2CCOCC2)C1. The van der Waals surface area contributed by atoms with Gasteiger partial charge in [-0.3, -0.25) is 14.7 Å². The molecule has 1 unspecified atom stereocenters. The second-order valence-corrected chi connectivity index (χ2v) is 6.99. The molecule has 0 saturated carbocycles. The van der Waals surface area contributed by atoms with E-state index in [4.69, 9.17) is 4.74 Å². The van der Waals surface area contributed by atoms with E-state index in [0.29, 0.717) is 6.04 Å². The molecule has 3 heterocycles. The zero-order valence-electron chi connectivity index (χ0n) is 15.0. The summed E-state index contributed by atoms with van der Waals surface area (Å²) >= 11 is 0. The number of carbonyl (C=O) groups excluding carboxylic acids is 1. The number of pyridine rings is 1. The van der Waals surface area contributed by atoms with E-state index in [1.807, 2.05) is 18.3 Å². The van der Waals surface area contributed by atoms with Crippen molar-refractivity contribution in [3.8, 4) is 0 Å². The molecule has 0 bridgehead atoms. The highest BCUT2D eigenvalue weighted by Gasteiger charge is 2.30. The summed E-state index contributed by atoms with van der Waals surface area (Å²) in [5.41, 5.74) is 1.02. The fourth-order valence-electron chi connectivity index (χ4n) is 3.75. The first-order chi connectivity index (χ1) is 12.3. The Kier molecular flexibility index (Phi) is 7.06. The third-order valence-electron chi connectivity index (χ3n) is 5.17. The number of hydrogen-bond acceptors (Lipinski definition) is 5. The number of ether oxygens (including phenoxy) is 1. The van der Waals surface area contributed by atoms with Crippen molar-refractivity contribution in [2.45, 2.75) is 38.1 Å². The summed E-state index contributed by atoms with van der Waals surface area (Å²) in [4.78, 5) is 19.1. The standard InChI is InChI=1S/C19H30N4O2/c24-19(22-10-3-9-21-17-5-1-8-20-14-17)16-4-2-11-23(15-16)18-6-12-25-13-7-18/h1,5,8,14,16,18,21H,2-4,6-7,9-13,15H2,(H,22,24). The van der Waals surface area contributed by atoms with Crippen molar-refractivity contribution in [1.29, 1.82) is 0 Å². The summed E-state index contributed by atoms with van der Waals surface area (Å²) in [6, 6.07) is 4.52. The van der Waals surface area contributed by atoms with E-state index in [9.17, 15) is 4.79 Å². The Balaban J connectivity index is 1.33. The van der Waals surface area contributed by atoms with Gasteiger partial charge in [-0.05, 0) is 50.8 Å². The van der Waals surface area contributed by atoms with E-state index in [1.165, 1.54) is 0 Å². The number of hydrogen-bond donors (Lipinski definition) is 2. The fraction of sp³-hybridized carbons (Fsp3) is 0.684. The maximum absolute atomic E-state index is 12.5. The van der Waals surface area contributed by atoms with Gasteiger partial charge in [0.2, 0.25) is 5.91 Å². The second-order valence-electron chi connectivity index (χ2n) is 6.99. The molecular formula is C19H30N4O2. The Morgan fingerprint density at radius 1 is 1.28 bits per heavy atom. The maximum Gasteiger partial charge on any atom is 0.224 e. The van der Waals surface area contributed by atoms with Gasteiger partial charge in [-0.2, -0.15) is 0 Å². The topological polar surface area (TPSA) is 66.5 Å². The number of likely N-dealkylation sites (tertiary alicyclic amines) is 1. The molecule has 2 saturated heterocycles. The van der Waals surface area contributed by atoms with Crippen LogP contribution < -0.4 is 10.6 Å². The van der Waals surface area contributed by atoms with Crippen LogP contribution in [0.2, 0.25) is 0 Å². The van der Waals surface area contributed by atoms with Crippen LogP contribution in [0.3, 0.4) is 0 Å². The molecule has 138 valence electrons. The second kappa shape index (κ2) is 9.73. The molecule has 1 amide bonds. The maximum atomic E-state index is 12.5. The lowest BCUT2D eigenvalue weighted by molar-refractivity contribution is -0.127. The predicted octanol–water partition coefficient (Wildman–Crippen LogP) is 1.89. The van der Waals surface area contributed by atoms with Gasteiger partial charge in [0.15, 0.2) is 0 Å². The molecular weight excluding hydrogens is 316 g/mol. The molecule has 6 heteroatoms. The van der Waals surface area contributed by atoms with Gasteiger partial charge in [-0.15, -0.1) is 0 Å². The molecule has 0 aromatic carbocycles. The molecule has 6 nitrogen and oxygen atoms in total. The van der Waals surface area contributed by atoms with E-state index in [1.54, 1.807) is 6.20 Å². The van der Waals surface area contributed by atoms with E-state index in [2.05, 4.69) is 20.5 Å². The number of anilines is 1. The van der Waals surface area contributed by atoms with Gasteiger partial charge in [0.05, 0.1) is 11.6 Å². The summed E-state index contributed by atoms with van der Waals surface area (Å²) in [5, 5.41) is 6.43. The van der Waals surface area contributed by atoms with Crippen molar-refractivity contribution in [1.82, 2.24) is 15.2 Å². The largest absolute Gasteiger partial charge is 0.384 e. The van der Waals surface area contributed by atoms with Crippen LogP contribution in [0.25, 0.3) is 0 Å². The third-order valence-corrected chi connectivity index (χ3v) is 5.17. The van der Waals surface area contributed by atoms with E-state index in [0.717, 1.165) is 77.2 Å². The number of carbonyl (C=O) groups is 1. The summed E-state index contributed by atoms with van der Waals surface area (Å²) in [5.74, 6) is 0.362. The molecule has 25 heavy (non-hydrogen) atoms. The Morgan fingerprint density at radius 3 is 2.96 bits per heavy atom. The molecule has 2 N–H and O–H groups in total. The molecule has 0 radical (unpaired) electrons. The fourth-order valence-corrected chi connectivity index (χ4v) is 3.75. The van der Waals surface area contributed by atoms with Crippen LogP contribution in [-0.4, -0.2) is 61.2 Å². The smallest absolute Gasteiger partial charge is 0.224 e. The Bertz CT molecular complexity index is 519. The molecule has 3 rings (SSSR count). The minimum atomic E-state index is 0.142. The number of rotatable bonds is 7. The quantitative estimate of drug-likeness (QED) is 0.738. The van der Waals surface area contributed by atoms with Gasteiger partial charge in [0, 0.05) is 51.3 Å². The highest BCUT2D eigenvalue weighted by molar-refractivity contribution is 5.78. The molecule has 2 aliphatic heterocycles. The predicted molar refractivity (Wildman–Crippen MR) is 98.5 cm³/mol. The number of aromatic nitrogens is 1. The van der Waals surface area contributed by atoms with Crippen LogP contribution in [0.4, 0.5) is 5.69 Å². The van der Waals surface area contributed by atoms with Crippen molar-refractivity contribution in [2.75, 3.05) is 44.7 Å². The first-order valence-electron chi connectivity index (χ1n) is 9.56. The van der Waals surface area contributed by atoms with Crippen molar-refractivity contribution < 1.29 is 9.53 Å². The summed E-state index contributed by atoms with van der Waals surface area (Å²) < 4.78 is 5.46. The Morgan fingerprint density at radius 2 is 2.16 bits per heavy atom. The molecule has 2 fully saturated rings. The molecule has 1 aromatic rings. The van der Waals surface area contributed by atoms with Gasteiger partial charge in [-0.25, -0.2) is 0 Å². The van der Waals surface area contributed by atoms with Crippen molar-refractivity contribution in [3.05, 3.63) is 24.5 Å². The van der Waals surface area contributed by atoms with Gasteiger partial charge >= 0.3 is 0 Å². The van der Waals surface area contributed by atoms with Crippen LogP contribution in [0.5, 0.6) is 0 Å². The lowest BCUT2D eigenvalue weighted by Gasteiger charge is -2.39. The lowest BCUT2D eigenvalue weighted by Crippen LogP contribution is -2.48. The summed E-state index contributed by atoms with van der Waals surface area (Å²) in [6.07, 6.45) is 8.84. The number of nitrogens with zero attached hydrogens (tertiary/aromatic N) is 2. The van der Waals surface area contributed by atoms with Crippen molar-refractivity contribution >= 4 is 11.6 Å². The molecule has 0 spiro atoms. The zero-order chi connectivity index (χ0) is 17.3. The highest BCUT2D eigenvalue weighted by atomic mass is 16.5. The van der Waals surface area contributed by atoms with E-state index in [-0.39, 0.29) is 11.8 Å². The van der Waals surface area contributed by atoms with Crippen LogP contribution >= 0.6 is 0 Å². The third kappa shape index (κ3) is 5.68. The average Bonchev–Trinajstić information content (AvgIpc) is 2.69. The number of nitrogens with one attached hydrogen (secondary N) is 2. The van der Waals surface area contributed by atoms with Gasteiger partial charge < -0.3 is 15.4 Å². The van der Waals surface area contributed by atoms with Gasteiger partial charge in [-0.1, -0.05) is 0 Å². The number of piperidine rings is 1. The minimum absolute atomic E-state index is 0.142. The Hall–Kier alpha value is -1.66. The molecule has 0 aliphatic carbocycles. The van der Waals surface area contributed by atoms with Crippen LogP contribution in [0.1, 0.15) is 32.1 Å². The van der Waals surface area contributed by atoms with Crippen LogP contribution in [0, 0.1) is 5.92 Å². The monoisotopic (exact) mass is 346 g/mol. The normalized spacial score (nSPS) is 22.5. The van der Waals surface area contributed by atoms with E-state index < -0.39 is 0 Å². The van der Waals surface area contributed by atoms with Gasteiger partial charge in [0.1, 0.15) is 0 Å². The minimum Gasteiger partial charge on any atom is -0.384 e. The van der Waals surface area contributed by atoms with Gasteiger partial charge in [0.25, 0.3) is 0 Å². The van der Waals surface area contributed by atoms with Crippen LogP contribution in [0.15, 0.2) is 24.5 Å². The number of amides is 1. The highest BCUT2D eigenvalue weighted by Crippen LogP contribution is 2.23. The first kappa shape index (κ1) is 18.1. The summed E-state index contributed by atoms with van der Waals surface area (Å²) in [6.45, 7) is 5.32.